The van der Waals surface area contributed by atoms with E-state index >= 15 is 0 Å². The van der Waals surface area contributed by atoms with Crippen LogP contribution >= 0.6 is 0 Å². The second kappa shape index (κ2) is 7.05. The molecule has 6 nitrogen and oxygen atoms in total. The average Bonchev–Trinajstić information content (AvgIpc) is 2.57. The summed E-state index contributed by atoms with van der Waals surface area (Å²) in [5.41, 5.74) is 10.2. The first-order valence-corrected chi connectivity index (χ1v) is 10.0. The van der Waals surface area contributed by atoms with Crippen LogP contribution in [0.5, 0.6) is 0 Å². The fourth-order valence-electron chi connectivity index (χ4n) is 3.49. The van der Waals surface area contributed by atoms with Gasteiger partial charge in [0.15, 0.2) is 0 Å². The van der Waals surface area contributed by atoms with Gasteiger partial charge in [-0.1, -0.05) is 0 Å². The van der Waals surface area contributed by atoms with Gasteiger partial charge in [-0.05, 0) is 69.4 Å². The molecule has 25 heavy (non-hydrogen) atoms. The number of piperazine rings is 1. The van der Waals surface area contributed by atoms with Crippen molar-refractivity contribution in [3.05, 3.63) is 27.8 Å². The van der Waals surface area contributed by atoms with E-state index in [4.69, 9.17) is 5.73 Å². The number of amides is 1. The van der Waals surface area contributed by atoms with Crippen LogP contribution in [0, 0.1) is 34.6 Å². The number of carbonyl (C=O) groups is 1. The molecule has 0 aliphatic carbocycles. The maximum atomic E-state index is 13.3. The summed E-state index contributed by atoms with van der Waals surface area (Å²) in [6.45, 7) is 13.2. The first-order valence-electron chi connectivity index (χ1n) is 8.60. The molecule has 2 N–H and O–H groups in total. The van der Waals surface area contributed by atoms with Crippen LogP contribution in [0.3, 0.4) is 0 Å². The summed E-state index contributed by atoms with van der Waals surface area (Å²) in [4.78, 5) is 13.7. The average molecular weight is 368 g/mol. The molecule has 0 saturated carbocycles. The van der Waals surface area contributed by atoms with Gasteiger partial charge in [0.25, 0.3) is 0 Å². The van der Waals surface area contributed by atoms with Crippen molar-refractivity contribution in [3.63, 3.8) is 0 Å². The Morgan fingerprint density at radius 3 is 1.68 bits per heavy atom. The van der Waals surface area contributed by atoms with Crippen LogP contribution in [0.2, 0.25) is 0 Å². The molecular formula is C18H29N3O3S. The number of hydrogen-bond donors (Lipinski definition) is 1. The second-order valence-electron chi connectivity index (χ2n) is 6.97. The largest absolute Gasteiger partial charge is 0.368 e. The number of hydrogen-bond acceptors (Lipinski definition) is 4. The molecule has 1 aromatic carbocycles. The highest BCUT2D eigenvalue weighted by Crippen LogP contribution is 2.32. The van der Waals surface area contributed by atoms with Crippen molar-refractivity contribution in [3.8, 4) is 0 Å². The first-order chi connectivity index (χ1) is 11.5. The van der Waals surface area contributed by atoms with Crippen LogP contribution < -0.4 is 5.73 Å². The monoisotopic (exact) mass is 367 g/mol. The van der Waals surface area contributed by atoms with Crippen LogP contribution in [0.1, 0.15) is 34.7 Å². The van der Waals surface area contributed by atoms with Gasteiger partial charge in [-0.2, -0.15) is 4.31 Å². The van der Waals surface area contributed by atoms with Gasteiger partial charge in [-0.3, -0.25) is 9.69 Å². The molecule has 0 radical (unpaired) electrons. The van der Waals surface area contributed by atoms with E-state index in [-0.39, 0.29) is 11.9 Å². The van der Waals surface area contributed by atoms with Crippen molar-refractivity contribution < 1.29 is 13.2 Å². The van der Waals surface area contributed by atoms with E-state index < -0.39 is 10.0 Å². The minimum Gasteiger partial charge on any atom is -0.368 e. The van der Waals surface area contributed by atoms with E-state index in [1.54, 1.807) is 6.92 Å². The minimum absolute atomic E-state index is 0.366. The van der Waals surface area contributed by atoms with E-state index in [2.05, 4.69) is 0 Å². The lowest BCUT2D eigenvalue weighted by Crippen LogP contribution is -2.54. The Kier molecular flexibility index (Phi) is 5.61. The highest BCUT2D eigenvalue weighted by Gasteiger charge is 2.33. The lowest BCUT2D eigenvalue weighted by atomic mass is 9.95. The van der Waals surface area contributed by atoms with E-state index in [1.165, 1.54) is 4.31 Å². The number of nitrogens with zero attached hydrogens (tertiary/aromatic N) is 2. The third-order valence-corrected chi connectivity index (χ3v) is 7.94. The molecule has 1 atom stereocenters. The van der Waals surface area contributed by atoms with Crippen LogP contribution in [-0.2, 0) is 14.8 Å². The SMILES string of the molecule is Cc1c(C)c(C)c(S(=O)(=O)N2CCN(C(C)C(N)=O)CC2)c(C)c1C. The first kappa shape index (κ1) is 19.9. The van der Waals surface area contributed by atoms with Crippen LogP contribution in [0.15, 0.2) is 4.90 Å². The molecule has 1 aromatic rings. The molecule has 0 bridgehead atoms. The van der Waals surface area contributed by atoms with Gasteiger partial charge < -0.3 is 5.73 Å². The maximum Gasteiger partial charge on any atom is 0.243 e. The van der Waals surface area contributed by atoms with Crippen molar-refractivity contribution >= 4 is 15.9 Å². The van der Waals surface area contributed by atoms with Gasteiger partial charge >= 0.3 is 0 Å². The van der Waals surface area contributed by atoms with Gasteiger partial charge in [-0.15, -0.1) is 0 Å². The van der Waals surface area contributed by atoms with Crippen molar-refractivity contribution in [2.45, 2.75) is 52.5 Å². The van der Waals surface area contributed by atoms with Crippen LogP contribution in [-0.4, -0.2) is 55.8 Å². The minimum atomic E-state index is -3.56. The van der Waals surface area contributed by atoms with Gasteiger partial charge in [0, 0.05) is 26.2 Å². The quantitative estimate of drug-likeness (QED) is 0.872. The molecule has 1 fully saturated rings. The van der Waals surface area contributed by atoms with Crippen molar-refractivity contribution in [2.75, 3.05) is 26.2 Å². The number of sulfonamides is 1. The number of rotatable bonds is 4. The highest BCUT2D eigenvalue weighted by molar-refractivity contribution is 7.89. The third kappa shape index (κ3) is 3.45. The molecule has 140 valence electrons. The van der Waals surface area contributed by atoms with E-state index in [9.17, 15) is 13.2 Å². The van der Waals surface area contributed by atoms with Crippen LogP contribution in [0.25, 0.3) is 0 Å². The number of nitrogens with two attached hydrogens (primary N) is 1. The molecule has 1 aliphatic heterocycles. The third-order valence-electron chi connectivity index (χ3n) is 5.76. The van der Waals surface area contributed by atoms with E-state index in [1.807, 2.05) is 39.5 Å². The molecule has 7 heteroatoms. The molecule has 1 unspecified atom stereocenters. The Bertz CT molecular complexity index is 765. The van der Waals surface area contributed by atoms with E-state index in [0.29, 0.717) is 31.1 Å². The number of benzene rings is 1. The summed E-state index contributed by atoms with van der Waals surface area (Å²) < 4.78 is 28.1. The zero-order valence-electron chi connectivity index (χ0n) is 16.0. The van der Waals surface area contributed by atoms with E-state index in [0.717, 1.165) is 27.8 Å². The second-order valence-corrected chi connectivity index (χ2v) is 8.85. The Morgan fingerprint density at radius 1 is 0.880 bits per heavy atom. The molecule has 1 saturated heterocycles. The number of carbonyl (C=O) groups excluding carboxylic acids is 1. The Morgan fingerprint density at radius 2 is 1.28 bits per heavy atom. The summed E-state index contributed by atoms with van der Waals surface area (Å²) in [5, 5.41) is 0. The highest BCUT2D eigenvalue weighted by atomic mass is 32.2. The van der Waals surface area contributed by atoms with Gasteiger partial charge in [0.05, 0.1) is 10.9 Å². The van der Waals surface area contributed by atoms with Crippen molar-refractivity contribution in [1.82, 2.24) is 9.21 Å². The predicted octanol–water partition coefficient (Wildman–Crippen LogP) is 1.41. The molecule has 1 heterocycles. The normalized spacial score (nSPS) is 18.3. The lowest BCUT2D eigenvalue weighted by molar-refractivity contribution is -0.123. The standard InChI is InChI=1S/C18H29N3O3S/c1-11-12(2)14(4)17(15(5)13(11)3)25(23,24)21-9-7-20(8-10-21)16(6)18(19)22/h16H,7-10H2,1-6H3,(H2,19,22). The van der Waals surface area contributed by atoms with Gasteiger partial charge in [0.2, 0.25) is 15.9 Å². The Labute approximate surface area is 151 Å². The fourth-order valence-corrected chi connectivity index (χ4v) is 5.48. The molecule has 0 spiro atoms. The Hall–Kier alpha value is -1.44. The van der Waals surface area contributed by atoms with Crippen molar-refractivity contribution in [2.24, 2.45) is 5.73 Å². The molecule has 1 amide bonds. The predicted molar refractivity (Wildman–Crippen MR) is 99.1 cm³/mol. The summed E-state index contributed by atoms with van der Waals surface area (Å²) in [5.74, 6) is -0.382. The zero-order chi connectivity index (χ0) is 19.1. The van der Waals surface area contributed by atoms with Gasteiger partial charge in [-0.25, -0.2) is 8.42 Å². The number of primary amides is 1. The molecular weight excluding hydrogens is 338 g/mol. The molecule has 0 aromatic heterocycles. The summed E-state index contributed by atoms with van der Waals surface area (Å²) in [6.07, 6.45) is 0. The fraction of sp³-hybridized carbons (Fsp3) is 0.611. The summed E-state index contributed by atoms with van der Waals surface area (Å²) in [7, 11) is -3.56. The topological polar surface area (TPSA) is 83.7 Å². The van der Waals surface area contributed by atoms with Crippen LogP contribution in [0.4, 0.5) is 0 Å². The zero-order valence-corrected chi connectivity index (χ0v) is 16.8. The van der Waals surface area contributed by atoms with Gasteiger partial charge in [0.1, 0.15) is 0 Å². The Balaban J connectivity index is 2.35. The van der Waals surface area contributed by atoms with Crippen molar-refractivity contribution in [1.29, 1.82) is 0 Å². The molecule has 1 aliphatic rings. The smallest absolute Gasteiger partial charge is 0.243 e. The summed E-state index contributed by atoms with van der Waals surface area (Å²) in [6, 6.07) is -0.378. The maximum absolute atomic E-state index is 13.3. The lowest BCUT2D eigenvalue weighted by Gasteiger charge is -2.36. The summed E-state index contributed by atoms with van der Waals surface area (Å²) >= 11 is 0. The molecule has 2 rings (SSSR count).